The smallest absolute Gasteiger partial charge is 0.271 e. The minimum atomic E-state index is -0.730. The Morgan fingerprint density at radius 3 is 2.72 bits per heavy atom. The van der Waals surface area contributed by atoms with Crippen LogP contribution in [0.3, 0.4) is 0 Å². The second-order valence-electron chi connectivity index (χ2n) is 5.10. The van der Waals surface area contributed by atoms with Crippen LogP contribution in [0, 0.1) is 5.82 Å². The summed E-state index contributed by atoms with van der Waals surface area (Å²) >= 11 is 0. The second kappa shape index (κ2) is 7.00. The number of aromatic nitrogens is 3. The zero-order chi connectivity index (χ0) is 17.8. The van der Waals surface area contributed by atoms with E-state index in [4.69, 9.17) is 15.2 Å². The van der Waals surface area contributed by atoms with Gasteiger partial charge in [-0.2, -0.15) is 15.4 Å². The number of amides is 1. The molecule has 25 heavy (non-hydrogen) atoms. The predicted octanol–water partition coefficient (Wildman–Crippen LogP) is 2.30. The number of carbonyl (C=O) groups is 1. The molecule has 1 amide bonds. The van der Waals surface area contributed by atoms with E-state index in [9.17, 15) is 9.18 Å². The molecule has 7 nitrogen and oxygen atoms in total. The van der Waals surface area contributed by atoms with Gasteiger partial charge in [0.25, 0.3) is 5.91 Å². The molecule has 0 spiro atoms. The lowest BCUT2D eigenvalue weighted by atomic mass is 10.1. The largest absolute Gasteiger partial charge is 0.493 e. The van der Waals surface area contributed by atoms with Crippen molar-refractivity contribution in [3.05, 3.63) is 59.5 Å². The number of nitrogens with two attached hydrogens (primary N) is 1. The van der Waals surface area contributed by atoms with E-state index in [1.807, 2.05) is 0 Å². The highest BCUT2D eigenvalue weighted by Gasteiger charge is 2.21. The Balaban J connectivity index is 2.01. The Bertz CT molecular complexity index is 910. The van der Waals surface area contributed by atoms with Crippen LogP contribution in [-0.4, -0.2) is 28.4 Å². The molecule has 2 aromatic carbocycles. The van der Waals surface area contributed by atoms with Crippen molar-refractivity contribution in [3.8, 4) is 22.8 Å². The highest BCUT2D eigenvalue weighted by atomic mass is 19.1. The van der Waals surface area contributed by atoms with Crippen LogP contribution in [-0.2, 0) is 6.61 Å². The summed E-state index contributed by atoms with van der Waals surface area (Å²) in [5, 5.41) is 10.1. The third kappa shape index (κ3) is 3.27. The van der Waals surface area contributed by atoms with Crippen LogP contribution in [0.2, 0.25) is 0 Å². The maximum atomic E-state index is 13.8. The van der Waals surface area contributed by atoms with E-state index in [1.54, 1.807) is 36.4 Å². The normalized spacial score (nSPS) is 10.5. The summed E-state index contributed by atoms with van der Waals surface area (Å²) in [5.41, 5.74) is 6.37. The molecule has 3 N–H and O–H groups in total. The maximum Gasteiger partial charge on any atom is 0.271 e. The molecule has 1 heterocycles. The quantitative estimate of drug-likeness (QED) is 0.715. The highest BCUT2D eigenvalue weighted by Crippen LogP contribution is 2.38. The number of nitrogens with zero attached hydrogens (tertiary/aromatic N) is 2. The lowest BCUT2D eigenvalue weighted by molar-refractivity contribution is 0.0996. The van der Waals surface area contributed by atoms with Crippen LogP contribution in [0.1, 0.15) is 16.1 Å². The predicted molar refractivity (Wildman–Crippen MR) is 87.6 cm³/mol. The Morgan fingerprint density at radius 2 is 2.00 bits per heavy atom. The molecule has 8 heteroatoms. The fourth-order valence-corrected chi connectivity index (χ4v) is 2.37. The number of rotatable bonds is 6. The van der Waals surface area contributed by atoms with Gasteiger partial charge in [-0.25, -0.2) is 4.39 Å². The molecule has 0 aliphatic carbocycles. The number of halogens is 1. The SMILES string of the molecule is COc1cccc(-c2n[nH]nc2C(N)=O)c1OCc1ccccc1F. The maximum absolute atomic E-state index is 13.8. The molecule has 0 radical (unpaired) electrons. The minimum absolute atomic E-state index is 0.0240. The van der Waals surface area contributed by atoms with E-state index in [1.165, 1.54) is 13.2 Å². The first-order valence-electron chi connectivity index (χ1n) is 7.36. The standard InChI is InChI=1S/C17H15FN4O3/c1-24-13-8-4-6-11(14-15(17(19)23)21-22-20-14)16(13)25-9-10-5-2-3-7-12(10)18/h2-8H,9H2,1H3,(H2,19,23)(H,20,21,22). The molecule has 1 aromatic heterocycles. The monoisotopic (exact) mass is 342 g/mol. The molecule has 0 aliphatic heterocycles. The first-order valence-corrected chi connectivity index (χ1v) is 7.36. The molecule has 0 saturated heterocycles. The van der Waals surface area contributed by atoms with Gasteiger partial charge in [-0.05, 0) is 18.2 Å². The topological polar surface area (TPSA) is 103 Å². The Hall–Kier alpha value is -3.42. The molecule has 0 unspecified atom stereocenters. The van der Waals surface area contributed by atoms with Crippen LogP contribution < -0.4 is 15.2 Å². The molecule has 128 valence electrons. The molecule has 0 fully saturated rings. The molecule has 0 atom stereocenters. The summed E-state index contributed by atoms with van der Waals surface area (Å²) in [6.45, 7) is -0.0240. The number of aromatic amines is 1. The van der Waals surface area contributed by atoms with Crippen molar-refractivity contribution in [1.82, 2.24) is 15.4 Å². The van der Waals surface area contributed by atoms with Gasteiger partial charge < -0.3 is 15.2 Å². The third-order valence-electron chi connectivity index (χ3n) is 3.57. The summed E-state index contributed by atoms with van der Waals surface area (Å²) in [5.74, 6) is -0.387. The lowest BCUT2D eigenvalue weighted by Gasteiger charge is -2.14. The summed E-state index contributed by atoms with van der Waals surface area (Å²) in [4.78, 5) is 11.5. The molecule has 0 saturated carbocycles. The first-order chi connectivity index (χ1) is 12.1. The number of benzene rings is 2. The zero-order valence-corrected chi connectivity index (χ0v) is 13.3. The van der Waals surface area contributed by atoms with E-state index in [-0.39, 0.29) is 23.8 Å². The van der Waals surface area contributed by atoms with Gasteiger partial charge in [-0.1, -0.05) is 24.3 Å². The van der Waals surface area contributed by atoms with Crippen LogP contribution >= 0.6 is 0 Å². The van der Waals surface area contributed by atoms with Crippen molar-refractivity contribution >= 4 is 5.91 Å². The van der Waals surface area contributed by atoms with E-state index < -0.39 is 5.91 Å². The van der Waals surface area contributed by atoms with Gasteiger partial charge in [0.1, 0.15) is 18.1 Å². The number of nitrogens with one attached hydrogen (secondary N) is 1. The van der Waals surface area contributed by atoms with Crippen molar-refractivity contribution in [2.45, 2.75) is 6.61 Å². The van der Waals surface area contributed by atoms with Gasteiger partial charge >= 0.3 is 0 Å². The zero-order valence-electron chi connectivity index (χ0n) is 13.3. The summed E-state index contributed by atoms with van der Waals surface area (Å²) < 4.78 is 24.9. The molecule has 3 rings (SSSR count). The van der Waals surface area contributed by atoms with Crippen LogP contribution in [0.15, 0.2) is 42.5 Å². The molecule has 0 aliphatic rings. The number of H-pyrrole nitrogens is 1. The van der Waals surface area contributed by atoms with Crippen molar-refractivity contribution in [3.63, 3.8) is 0 Å². The molecule has 0 bridgehead atoms. The average molecular weight is 342 g/mol. The minimum Gasteiger partial charge on any atom is -0.493 e. The van der Waals surface area contributed by atoms with Crippen LogP contribution in [0.5, 0.6) is 11.5 Å². The van der Waals surface area contributed by atoms with E-state index in [2.05, 4.69) is 15.4 Å². The number of hydrogen-bond donors (Lipinski definition) is 2. The van der Waals surface area contributed by atoms with Crippen molar-refractivity contribution < 1.29 is 18.7 Å². The molecule has 3 aromatic rings. The van der Waals surface area contributed by atoms with Crippen LogP contribution in [0.25, 0.3) is 11.3 Å². The van der Waals surface area contributed by atoms with Gasteiger partial charge in [-0.3, -0.25) is 4.79 Å². The Morgan fingerprint density at radius 1 is 1.20 bits per heavy atom. The fraction of sp³-hybridized carbons (Fsp3) is 0.118. The Kier molecular flexibility index (Phi) is 4.60. The van der Waals surface area contributed by atoms with Gasteiger partial charge in [-0.15, -0.1) is 0 Å². The van der Waals surface area contributed by atoms with E-state index in [0.29, 0.717) is 22.6 Å². The van der Waals surface area contributed by atoms with E-state index in [0.717, 1.165) is 0 Å². The summed E-state index contributed by atoms with van der Waals surface area (Å²) in [7, 11) is 1.48. The number of carbonyl (C=O) groups excluding carboxylic acids is 1. The Labute approximate surface area is 142 Å². The fourth-order valence-electron chi connectivity index (χ4n) is 2.37. The molecular weight excluding hydrogens is 327 g/mol. The van der Waals surface area contributed by atoms with Gasteiger partial charge in [0, 0.05) is 5.56 Å². The van der Waals surface area contributed by atoms with Crippen molar-refractivity contribution in [1.29, 1.82) is 0 Å². The summed E-state index contributed by atoms with van der Waals surface area (Å²) in [6, 6.07) is 11.4. The van der Waals surface area contributed by atoms with E-state index >= 15 is 0 Å². The molecular formula is C17H15FN4O3. The lowest BCUT2D eigenvalue weighted by Crippen LogP contribution is -2.13. The van der Waals surface area contributed by atoms with Gasteiger partial charge in [0.05, 0.1) is 12.7 Å². The number of primary amides is 1. The average Bonchev–Trinajstić information content (AvgIpc) is 3.10. The first kappa shape index (κ1) is 16.4. The number of methoxy groups -OCH3 is 1. The van der Waals surface area contributed by atoms with Crippen molar-refractivity contribution in [2.75, 3.05) is 7.11 Å². The number of para-hydroxylation sites is 1. The highest BCUT2D eigenvalue weighted by molar-refractivity contribution is 5.97. The van der Waals surface area contributed by atoms with Crippen molar-refractivity contribution in [2.24, 2.45) is 5.73 Å². The summed E-state index contributed by atoms with van der Waals surface area (Å²) in [6.07, 6.45) is 0. The van der Waals surface area contributed by atoms with Gasteiger partial charge in [0.2, 0.25) is 0 Å². The number of ether oxygens (including phenoxy) is 2. The number of hydrogen-bond acceptors (Lipinski definition) is 5. The van der Waals surface area contributed by atoms with Gasteiger partial charge in [0.15, 0.2) is 17.2 Å². The van der Waals surface area contributed by atoms with Crippen LogP contribution in [0.4, 0.5) is 4.39 Å². The third-order valence-corrected chi connectivity index (χ3v) is 3.57. The second-order valence-corrected chi connectivity index (χ2v) is 5.10.